The van der Waals surface area contributed by atoms with Gasteiger partial charge >= 0.3 is 5.97 Å². The molecule has 1 aromatic carbocycles. The fourth-order valence-electron chi connectivity index (χ4n) is 2.20. The molecule has 2 aromatic rings. The zero-order chi connectivity index (χ0) is 15.4. The third-order valence-corrected chi connectivity index (χ3v) is 4.45. The highest BCUT2D eigenvalue weighted by molar-refractivity contribution is 7.99. The Hall–Kier alpha value is -1.20. The smallest absolute Gasteiger partial charge is 0.313 e. The number of carbonyl (C=O) groups is 1. The quantitative estimate of drug-likeness (QED) is 0.771. The molecular weight excluding hydrogens is 308 g/mol. The number of hydrogen-bond donors (Lipinski definition) is 1. The SMILES string of the molecule is CC(C)CCCn1c(SCC(=O)O)nc2c(Cl)cccc21. The van der Waals surface area contributed by atoms with Gasteiger partial charge in [0.1, 0.15) is 5.52 Å². The maximum absolute atomic E-state index is 10.8. The third-order valence-electron chi connectivity index (χ3n) is 3.18. The largest absolute Gasteiger partial charge is 0.481 e. The van der Waals surface area contributed by atoms with E-state index in [0.29, 0.717) is 10.9 Å². The summed E-state index contributed by atoms with van der Waals surface area (Å²) >= 11 is 7.43. The predicted molar refractivity (Wildman–Crippen MR) is 87.2 cm³/mol. The molecule has 1 aromatic heterocycles. The van der Waals surface area contributed by atoms with E-state index in [-0.39, 0.29) is 5.75 Å². The van der Waals surface area contributed by atoms with Gasteiger partial charge in [0.2, 0.25) is 0 Å². The Balaban J connectivity index is 2.30. The molecule has 1 N–H and O–H groups in total. The Morgan fingerprint density at radius 2 is 2.24 bits per heavy atom. The average Bonchev–Trinajstić information content (AvgIpc) is 2.76. The molecule has 1 heterocycles. The van der Waals surface area contributed by atoms with Crippen LogP contribution in [0.5, 0.6) is 0 Å². The number of aliphatic carboxylic acids is 1. The zero-order valence-electron chi connectivity index (χ0n) is 12.2. The van der Waals surface area contributed by atoms with Crippen molar-refractivity contribution in [2.75, 3.05) is 5.75 Å². The molecule has 4 nitrogen and oxygen atoms in total. The molecule has 0 amide bonds. The Kier molecular flexibility index (Phi) is 5.53. The molecule has 2 rings (SSSR count). The first-order valence-corrected chi connectivity index (χ1v) is 8.34. The number of aryl methyl sites for hydroxylation is 1. The number of carboxylic acids is 1. The second-order valence-electron chi connectivity index (χ2n) is 5.37. The van der Waals surface area contributed by atoms with Crippen molar-refractivity contribution in [1.82, 2.24) is 9.55 Å². The van der Waals surface area contributed by atoms with Crippen LogP contribution in [0, 0.1) is 5.92 Å². The molecule has 0 saturated carbocycles. The lowest BCUT2D eigenvalue weighted by molar-refractivity contribution is -0.133. The number of nitrogens with zero attached hydrogens (tertiary/aromatic N) is 2. The van der Waals surface area contributed by atoms with Crippen LogP contribution in [0.1, 0.15) is 26.7 Å². The highest BCUT2D eigenvalue weighted by Gasteiger charge is 2.14. The van der Waals surface area contributed by atoms with Gasteiger partial charge in [-0.25, -0.2) is 4.98 Å². The van der Waals surface area contributed by atoms with Crippen molar-refractivity contribution in [3.8, 4) is 0 Å². The molecule has 114 valence electrons. The van der Waals surface area contributed by atoms with Gasteiger partial charge in [0.25, 0.3) is 0 Å². The average molecular weight is 327 g/mol. The highest BCUT2D eigenvalue weighted by atomic mass is 35.5. The van der Waals surface area contributed by atoms with Crippen molar-refractivity contribution < 1.29 is 9.90 Å². The number of hydrogen-bond acceptors (Lipinski definition) is 3. The standard InChI is InChI=1S/C15H19ClN2O2S/c1-10(2)5-4-8-18-12-7-3-6-11(16)14(12)17-15(18)21-9-13(19)20/h3,6-7,10H,4-5,8-9H2,1-2H3,(H,19,20). The van der Waals surface area contributed by atoms with Crippen LogP contribution in [0.25, 0.3) is 11.0 Å². The summed E-state index contributed by atoms with van der Waals surface area (Å²) in [6.45, 7) is 5.23. The number of benzene rings is 1. The number of thioether (sulfide) groups is 1. The van der Waals surface area contributed by atoms with Crippen molar-refractivity contribution in [2.24, 2.45) is 5.92 Å². The lowest BCUT2D eigenvalue weighted by Crippen LogP contribution is -2.04. The zero-order valence-corrected chi connectivity index (χ0v) is 13.7. The molecule has 0 aliphatic rings. The number of halogens is 1. The number of imidazole rings is 1. The van der Waals surface area contributed by atoms with E-state index in [4.69, 9.17) is 16.7 Å². The molecule has 0 bridgehead atoms. The van der Waals surface area contributed by atoms with Crippen molar-refractivity contribution in [3.05, 3.63) is 23.2 Å². The molecule has 0 saturated heterocycles. The van der Waals surface area contributed by atoms with Gasteiger partial charge < -0.3 is 9.67 Å². The summed E-state index contributed by atoms with van der Waals surface area (Å²) in [6, 6.07) is 5.69. The van der Waals surface area contributed by atoms with E-state index < -0.39 is 5.97 Å². The number of para-hydroxylation sites is 1. The maximum Gasteiger partial charge on any atom is 0.313 e. The minimum Gasteiger partial charge on any atom is -0.481 e. The highest BCUT2D eigenvalue weighted by Crippen LogP contribution is 2.29. The molecule has 0 aliphatic heterocycles. The number of aromatic nitrogens is 2. The molecule has 0 fully saturated rings. The van der Waals surface area contributed by atoms with Gasteiger partial charge in [-0.1, -0.05) is 43.3 Å². The summed E-state index contributed by atoms with van der Waals surface area (Å²) < 4.78 is 2.08. The number of rotatable bonds is 7. The van der Waals surface area contributed by atoms with Crippen molar-refractivity contribution in [3.63, 3.8) is 0 Å². The predicted octanol–water partition coefficient (Wildman–Crippen LogP) is 4.30. The normalized spacial score (nSPS) is 11.4. The summed E-state index contributed by atoms with van der Waals surface area (Å²) in [6.07, 6.45) is 2.17. The van der Waals surface area contributed by atoms with Gasteiger partial charge in [0, 0.05) is 6.54 Å². The van der Waals surface area contributed by atoms with Gasteiger partial charge in [0.05, 0.1) is 16.3 Å². The van der Waals surface area contributed by atoms with Crippen molar-refractivity contribution >= 4 is 40.4 Å². The third kappa shape index (κ3) is 4.14. The topological polar surface area (TPSA) is 55.1 Å². The maximum atomic E-state index is 10.8. The monoisotopic (exact) mass is 326 g/mol. The molecule has 0 radical (unpaired) electrons. The van der Waals surface area contributed by atoms with Crippen LogP contribution in [-0.2, 0) is 11.3 Å². The molecular formula is C15H19ClN2O2S. The molecule has 6 heteroatoms. The van der Waals surface area contributed by atoms with E-state index in [0.717, 1.165) is 35.6 Å². The van der Waals surface area contributed by atoms with E-state index in [1.807, 2.05) is 12.1 Å². The Labute approximate surface area is 133 Å². The summed E-state index contributed by atoms with van der Waals surface area (Å²) in [4.78, 5) is 15.3. The Bertz CT molecular complexity index is 640. The van der Waals surface area contributed by atoms with Crippen molar-refractivity contribution in [2.45, 2.75) is 38.4 Å². The summed E-state index contributed by atoms with van der Waals surface area (Å²) in [5, 5.41) is 10.2. The van der Waals surface area contributed by atoms with Crippen molar-refractivity contribution in [1.29, 1.82) is 0 Å². The van der Waals surface area contributed by atoms with E-state index in [1.54, 1.807) is 6.07 Å². The van der Waals surface area contributed by atoms with E-state index in [1.165, 1.54) is 11.8 Å². The fraction of sp³-hybridized carbons (Fsp3) is 0.467. The second kappa shape index (κ2) is 7.18. The van der Waals surface area contributed by atoms with Crippen LogP contribution in [-0.4, -0.2) is 26.4 Å². The van der Waals surface area contributed by atoms with Crippen LogP contribution in [0.15, 0.2) is 23.4 Å². The van der Waals surface area contributed by atoms with Crippen LogP contribution < -0.4 is 0 Å². The van der Waals surface area contributed by atoms with Gasteiger partial charge in [-0.05, 0) is 30.9 Å². The molecule has 0 spiro atoms. The Morgan fingerprint density at radius 3 is 2.90 bits per heavy atom. The Morgan fingerprint density at radius 1 is 1.48 bits per heavy atom. The van der Waals surface area contributed by atoms with Gasteiger partial charge in [0.15, 0.2) is 5.16 Å². The fourth-order valence-corrected chi connectivity index (χ4v) is 3.17. The van der Waals surface area contributed by atoms with Crippen LogP contribution in [0.2, 0.25) is 5.02 Å². The summed E-state index contributed by atoms with van der Waals surface area (Å²) in [7, 11) is 0. The minimum absolute atomic E-state index is 0.00508. The van der Waals surface area contributed by atoms with Gasteiger partial charge in [-0.2, -0.15) is 0 Å². The molecule has 0 atom stereocenters. The van der Waals surface area contributed by atoms with E-state index >= 15 is 0 Å². The molecule has 21 heavy (non-hydrogen) atoms. The molecule has 0 unspecified atom stereocenters. The van der Waals surface area contributed by atoms with E-state index in [2.05, 4.69) is 23.4 Å². The minimum atomic E-state index is -0.841. The first-order valence-electron chi connectivity index (χ1n) is 6.98. The first kappa shape index (κ1) is 16.2. The first-order chi connectivity index (χ1) is 9.99. The van der Waals surface area contributed by atoms with Crippen LogP contribution >= 0.6 is 23.4 Å². The van der Waals surface area contributed by atoms with E-state index in [9.17, 15) is 4.79 Å². The lowest BCUT2D eigenvalue weighted by atomic mass is 10.1. The summed E-state index contributed by atoms with van der Waals surface area (Å²) in [5.74, 6) is -0.184. The molecule has 0 aliphatic carbocycles. The van der Waals surface area contributed by atoms with Crippen LogP contribution in [0.3, 0.4) is 0 Å². The number of fused-ring (bicyclic) bond motifs is 1. The van der Waals surface area contributed by atoms with Gasteiger partial charge in [-0.3, -0.25) is 4.79 Å². The number of carboxylic acid groups (broad SMARTS) is 1. The summed E-state index contributed by atoms with van der Waals surface area (Å²) in [5.41, 5.74) is 1.72. The van der Waals surface area contributed by atoms with Gasteiger partial charge in [-0.15, -0.1) is 0 Å². The van der Waals surface area contributed by atoms with Crippen LogP contribution in [0.4, 0.5) is 0 Å². The lowest BCUT2D eigenvalue weighted by Gasteiger charge is -2.09. The second-order valence-corrected chi connectivity index (χ2v) is 6.72.